The van der Waals surface area contributed by atoms with Crippen LogP contribution in [0.5, 0.6) is 5.75 Å². The van der Waals surface area contributed by atoms with Crippen molar-refractivity contribution in [2.24, 2.45) is 0 Å². The van der Waals surface area contributed by atoms with E-state index in [1.165, 1.54) is 13.8 Å². The summed E-state index contributed by atoms with van der Waals surface area (Å²) in [5.74, 6) is -0.778. The number of benzene rings is 1. The minimum Gasteiger partial charge on any atom is -0.508 e. The summed E-state index contributed by atoms with van der Waals surface area (Å²) in [6.45, 7) is -4.79. The van der Waals surface area contributed by atoms with Crippen molar-refractivity contribution < 1.29 is 18.8 Å². The predicted octanol–water partition coefficient (Wildman–Crippen LogP) is 3.99. The summed E-state index contributed by atoms with van der Waals surface area (Å²) in [6, 6.07) is 1.67. The molecule has 84 valence electrons. The number of hydrogen-bond acceptors (Lipinski definition) is 1. The number of rotatable bonds is 0. The lowest BCUT2D eigenvalue weighted by Gasteiger charge is -2.25. The second-order valence-corrected chi connectivity index (χ2v) is 4.40. The van der Waals surface area contributed by atoms with Crippen molar-refractivity contribution in [3.8, 4) is 5.75 Å². The Balaban J connectivity index is 3.89. The molecule has 1 nitrogen and oxygen atoms in total. The van der Waals surface area contributed by atoms with Crippen LogP contribution in [0, 0.1) is 0 Å². The van der Waals surface area contributed by atoms with Crippen LogP contribution >= 0.6 is 0 Å². The molecule has 0 amide bonds. The van der Waals surface area contributed by atoms with E-state index in [4.69, 9.17) is 13.7 Å². The third-order valence-corrected chi connectivity index (χ3v) is 2.18. The van der Waals surface area contributed by atoms with Crippen molar-refractivity contribution in [1.82, 2.24) is 0 Å². The molecule has 0 radical (unpaired) electrons. The average molecular weight is 216 g/mol. The predicted molar refractivity (Wildman–Crippen MR) is 65.5 cm³/mol. The van der Waals surface area contributed by atoms with E-state index < -0.39 is 48.7 Å². The standard InChI is InChI=1S/C14H22O/c1-13(2,3)10-7-8-12(15)11(9-10)14(4,5)6/h7-9,15H,1-6H3/i1D3,4D3,5D3,8D. The van der Waals surface area contributed by atoms with Gasteiger partial charge >= 0.3 is 0 Å². The van der Waals surface area contributed by atoms with Gasteiger partial charge in [0.05, 0.1) is 1.37 Å². The van der Waals surface area contributed by atoms with Gasteiger partial charge in [-0.1, -0.05) is 53.5 Å². The molecule has 1 rings (SSSR count). The first-order chi connectivity index (χ1) is 10.8. The summed E-state index contributed by atoms with van der Waals surface area (Å²) in [6.07, 6.45) is 0. The molecule has 15 heavy (non-hydrogen) atoms. The third kappa shape index (κ3) is 2.74. The SMILES string of the molecule is [2H]c1cc(C(C)(C)C([2H])([2H])[2H])cc(C(C)(C([2H])([2H])[2H])C([2H])([2H])[2H])c1O. The van der Waals surface area contributed by atoms with Gasteiger partial charge in [0, 0.05) is 12.3 Å². The summed E-state index contributed by atoms with van der Waals surface area (Å²) in [5, 5.41) is 10.2. The molecule has 1 aromatic carbocycles. The minimum absolute atomic E-state index is 0.0602. The molecule has 0 saturated carbocycles. The average Bonchev–Trinajstić information content (AvgIpc) is 2.36. The molecule has 0 heterocycles. The van der Waals surface area contributed by atoms with E-state index in [9.17, 15) is 5.11 Å². The lowest BCUT2D eigenvalue weighted by molar-refractivity contribution is 0.444. The molecule has 1 aromatic rings. The van der Waals surface area contributed by atoms with Gasteiger partial charge in [-0.25, -0.2) is 0 Å². The Kier molecular flexibility index (Phi) is 0.975. The van der Waals surface area contributed by atoms with Crippen molar-refractivity contribution >= 4 is 0 Å². The first kappa shape index (κ1) is 4.12. The van der Waals surface area contributed by atoms with Gasteiger partial charge in [-0.15, -0.1) is 0 Å². The fourth-order valence-electron chi connectivity index (χ4n) is 1.23. The Labute approximate surface area is 107 Å². The van der Waals surface area contributed by atoms with Crippen LogP contribution in [0.15, 0.2) is 18.2 Å². The van der Waals surface area contributed by atoms with Crippen molar-refractivity contribution in [2.45, 2.75) is 52.2 Å². The van der Waals surface area contributed by atoms with Crippen LogP contribution in [0.4, 0.5) is 0 Å². The van der Waals surface area contributed by atoms with Crippen LogP contribution in [0.2, 0.25) is 0 Å². The van der Waals surface area contributed by atoms with Crippen LogP contribution in [0.1, 0.15) is 66.2 Å². The molecule has 0 bridgehead atoms. The Bertz CT molecular complexity index is 637. The van der Waals surface area contributed by atoms with Gasteiger partial charge < -0.3 is 5.11 Å². The smallest absolute Gasteiger partial charge is 0.119 e. The van der Waals surface area contributed by atoms with Gasteiger partial charge in [-0.05, 0) is 28.0 Å². The highest BCUT2D eigenvalue weighted by molar-refractivity contribution is 5.42. The second-order valence-electron chi connectivity index (χ2n) is 4.40. The van der Waals surface area contributed by atoms with Gasteiger partial charge in [0.15, 0.2) is 0 Å². The summed E-state index contributed by atoms with van der Waals surface area (Å²) in [7, 11) is 0. The third-order valence-electron chi connectivity index (χ3n) is 2.18. The van der Waals surface area contributed by atoms with E-state index in [-0.39, 0.29) is 5.56 Å². The Morgan fingerprint density at radius 2 is 1.80 bits per heavy atom. The van der Waals surface area contributed by atoms with Gasteiger partial charge in [0.2, 0.25) is 0 Å². The molecule has 0 spiro atoms. The van der Waals surface area contributed by atoms with E-state index in [1.807, 2.05) is 0 Å². The Morgan fingerprint density at radius 1 is 1.20 bits per heavy atom. The van der Waals surface area contributed by atoms with E-state index >= 15 is 0 Å². The molecule has 0 aliphatic rings. The molecule has 0 saturated heterocycles. The number of phenols is 1. The largest absolute Gasteiger partial charge is 0.508 e. The Morgan fingerprint density at radius 3 is 2.33 bits per heavy atom. The first-order valence-electron chi connectivity index (χ1n) is 9.63. The molecule has 0 aliphatic carbocycles. The van der Waals surface area contributed by atoms with Crippen LogP contribution in [-0.2, 0) is 10.8 Å². The highest BCUT2D eigenvalue weighted by Gasteiger charge is 2.21. The fourth-order valence-corrected chi connectivity index (χ4v) is 1.23. The van der Waals surface area contributed by atoms with Gasteiger partial charge in [0.25, 0.3) is 0 Å². The van der Waals surface area contributed by atoms with Gasteiger partial charge in [-0.2, -0.15) is 0 Å². The molecular formula is C14H22O. The van der Waals surface area contributed by atoms with E-state index in [0.717, 1.165) is 19.1 Å². The maximum atomic E-state index is 10.2. The zero-order chi connectivity index (χ0) is 20.2. The van der Waals surface area contributed by atoms with E-state index in [2.05, 4.69) is 0 Å². The molecule has 0 unspecified atom stereocenters. The van der Waals surface area contributed by atoms with Crippen molar-refractivity contribution in [3.05, 3.63) is 29.3 Å². The van der Waals surface area contributed by atoms with Crippen LogP contribution in [0.25, 0.3) is 0 Å². The van der Waals surface area contributed by atoms with Crippen LogP contribution in [0.3, 0.4) is 0 Å². The Hall–Kier alpha value is -0.980. The molecule has 1 heteroatoms. The van der Waals surface area contributed by atoms with Crippen LogP contribution < -0.4 is 0 Å². The summed E-state index contributed by atoms with van der Waals surface area (Å²) >= 11 is 0. The molecule has 0 aromatic heterocycles. The van der Waals surface area contributed by atoms with Crippen molar-refractivity contribution in [2.75, 3.05) is 0 Å². The molecule has 0 aliphatic heterocycles. The van der Waals surface area contributed by atoms with Gasteiger partial charge in [-0.3, -0.25) is 0 Å². The second kappa shape index (κ2) is 3.55. The maximum Gasteiger partial charge on any atom is 0.119 e. The number of phenolic OH excluding ortho intramolecular Hbond substituents is 1. The monoisotopic (exact) mass is 216 g/mol. The van der Waals surface area contributed by atoms with Crippen molar-refractivity contribution in [3.63, 3.8) is 0 Å². The van der Waals surface area contributed by atoms with Crippen LogP contribution in [-0.4, -0.2) is 5.11 Å². The summed E-state index contributed by atoms with van der Waals surface area (Å²) in [5.41, 5.74) is -4.37. The highest BCUT2D eigenvalue weighted by atomic mass is 16.3. The van der Waals surface area contributed by atoms with Crippen molar-refractivity contribution in [1.29, 1.82) is 0 Å². The molecule has 1 N–H and O–H groups in total. The topological polar surface area (TPSA) is 20.2 Å². The normalized spacial score (nSPS) is 25.3. The fraction of sp³-hybridized carbons (Fsp3) is 0.571. The minimum atomic E-state index is -3.02. The van der Waals surface area contributed by atoms with E-state index in [0.29, 0.717) is 0 Å². The summed E-state index contributed by atoms with van der Waals surface area (Å²) in [4.78, 5) is 0. The number of aromatic hydroxyl groups is 1. The molecular weight excluding hydrogens is 184 g/mol. The maximum absolute atomic E-state index is 10.2. The molecule has 0 fully saturated rings. The van der Waals surface area contributed by atoms with E-state index in [1.54, 1.807) is 0 Å². The lowest BCUT2D eigenvalue weighted by atomic mass is 9.80. The number of hydrogen-bond donors (Lipinski definition) is 1. The highest BCUT2D eigenvalue weighted by Crippen LogP contribution is 2.34. The van der Waals surface area contributed by atoms with Gasteiger partial charge in [0.1, 0.15) is 5.75 Å². The molecule has 0 atom stereocenters. The zero-order valence-corrected chi connectivity index (χ0v) is 9.10. The summed E-state index contributed by atoms with van der Waals surface area (Å²) < 4.78 is 77.0. The first-order valence-corrected chi connectivity index (χ1v) is 4.63. The lowest BCUT2D eigenvalue weighted by Crippen LogP contribution is -2.16. The quantitative estimate of drug-likeness (QED) is 0.695. The zero-order valence-electron chi connectivity index (χ0n) is 19.1.